The Balaban J connectivity index is 1.58. The zero-order valence-electron chi connectivity index (χ0n) is 17.0. The first kappa shape index (κ1) is 18.5. The molecule has 2 atom stereocenters. The Morgan fingerprint density at radius 3 is 2.20 bits per heavy atom. The SMILES string of the molecule is C=C(CCc1c(C)cc(C)cc1C)OC1(C)CC2CC(C)CC(C2)C1. The summed E-state index contributed by atoms with van der Waals surface area (Å²) in [6.45, 7) is 15.7. The number of aryl methyl sites for hydroxylation is 3. The summed E-state index contributed by atoms with van der Waals surface area (Å²) >= 11 is 0. The Morgan fingerprint density at radius 1 is 1.08 bits per heavy atom. The van der Waals surface area contributed by atoms with Crippen LogP contribution in [0.25, 0.3) is 0 Å². The van der Waals surface area contributed by atoms with E-state index in [0.29, 0.717) is 0 Å². The maximum Gasteiger partial charge on any atom is 0.106 e. The third-order valence-electron chi connectivity index (χ3n) is 6.46. The lowest BCUT2D eigenvalue weighted by molar-refractivity contribution is -0.0694. The number of ether oxygens (including phenoxy) is 1. The van der Waals surface area contributed by atoms with Gasteiger partial charge in [0.25, 0.3) is 0 Å². The van der Waals surface area contributed by atoms with Gasteiger partial charge in [-0.1, -0.05) is 31.2 Å². The molecule has 0 amide bonds. The quantitative estimate of drug-likeness (QED) is 0.543. The fraction of sp³-hybridized carbons (Fsp3) is 0.667. The maximum absolute atomic E-state index is 6.48. The van der Waals surface area contributed by atoms with Gasteiger partial charge in [-0.05, 0) is 101 Å². The molecule has 2 saturated carbocycles. The van der Waals surface area contributed by atoms with Gasteiger partial charge in [0.05, 0.1) is 5.76 Å². The van der Waals surface area contributed by atoms with Crippen molar-refractivity contribution in [2.24, 2.45) is 17.8 Å². The number of hydrogen-bond donors (Lipinski definition) is 0. The summed E-state index contributed by atoms with van der Waals surface area (Å²) in [7, 11) is 0. The number of fused-ring (bicyclic) bond motifs is 2. The zero-order valence-corrected chi connectivity index (χ0v) is 17.0. The van der Waals surface area contributed by atoms with Gasteiger partial charge in [-0.25, -0.2) is 0 Å². The van der Waals surface area contributed by atoms with E-state index in [1.165, 1.54) is 54.4 Å². The van der Waals surface area contributed by atoms with Crippen LogP contribution in [-0.4, -0.2) is 5.60 Å². The predicted octanol–water partition coefficient (Wildman–Crippen LogP) is 6.68. The van der Waals surface area contributed by atoms with E-state index in [9.17, 15) is 0 Å². The summed E-state index contributed by atoms with van der Waals surface area (Å²) in [4.78, 5) is 0. The van der Waals surface area contributed by atoms with E-state index in [1.807, 2.05) is 0 Å². The fourth-order valence-corrected chi connectivity index (χ4v) is 5.89. The molecule has 2 aliphatic rings. The molecule has 0 radical (unpaired) electrons. The second kappa shape index (κ2) is 7.17. The maximum atomic E-state index is 6.48. The number of allylic oxidation sites excluding steroid dienone is 1. The van der Waals surface area contributed by atoms with Gasteiger partial charge in [-0.2, -0.15) is 0 Å². The summed E-state index contributed by atoms with van der Waals surface area (Å²) in [6.07, 6.45) is 8.62. The third-order valence-corrected chi connectivity index (χ3v) is 6.46. The molecule has 1 aromatic carbocycles. The topological polar surface area (TPSA) is 9.23 Å². The highest BCUT2D eigenvalue weighted by Gasteiger charge is 2.42. The summed E-state index contributed by atoms with van der Waals surface area (Å²) in [5.41, 5.74) is 5.64. The molecule has 2 fully saturated rings. The normalized spacial score (nSPS) is 31.6. The molecular formula is C24H36O. The monoisotopic (exact) mass is 340 g/mol. The van der Waals surface area contributed by atoms with E-state index in [0.717, 1.165) is 36.4 Å². The van der Waals surface area contributed by atoms with Crippen molar-refractivity contribution in [2.45, 2.75) is 85.2 Å². The molecule has 1 heteroatoms. The van der Waals surface area contributed by atoms with Crippen molar-refractivity contribution in [3.05, 3.63) is 46.7 Å². The predicted molar refractivity (Wildman–Crippen MR) is 107 cm³/mol. The van der Waals surface area contributed by atoms with Gasteiger partial charge in [0.2, 0.25) is 0 Å². The Hall–Kier alpha value is -1.24. The van der Waals surface area contributed by atoms with Crippen molar-refractivity contribution in [1.29, 1.82) is 0 Å². The Bertz CT molecular complexity index is 600. The van der Waals surface area contributed by atoms with Gasteiger partial charge in [0, 0.05) is 6.42 Å². The molecule has 2 bridgehead atoms. The van der Waals surface area contributed by atoms with Crippen molar-refractivity contribution < 1.29 is 4.74 Å². The molecule has 0 spiro atoms. The minimum absolute atomic E-state index is 0.0160. The van der Waals surface area contributed by atoms with Crippen LogP contribution in [0.2, 0.25) is 0 Å². The van der Waals surface area contributed by atoms with Gasteiger partial charge >= 0.3 is 0 Å². The van der Waals surface area contributed by atoms with Crippen molar-refractivity contribution in [2.75, 3.05) is 0 Å². The van der Waals surface area contributed by atoms with Crippen molar-refractivity contribution in [3.8, 4) is 0 Å². The van der Waals surface area contributed by atoms with E-state index in [-0.39, 0.29) is 5.60 Å². The van der Waals surface area contributed by atoms with Crippen LogP contribution in [0.4, 0.5) is 0 Å². The Morgan fingerprint density at radius 2 is 1.64 bits per heavy atom. The molecule has 0 aromatic heterocycles. The van der Waals surface area contributed by atoms with E-state index in [4.69, 9.17) is 4.74 Å². The molecule has 0 N–H and O–H groups in total. The second-order valence-electron chi connectivity index (χ2n) is 9.42. The Kier molecular flexibility index (Phi) is 5.32. The summed E-state index contributed by atoms with van der Waals surface area (Å²) in [5, 5.41) is 0. The van der Waals surface area contributed by atoms with Crippen molar-refractivity contribution in [3.63, 3.8) is 0 Å². The van der Waals surface area contributed by atoms with Crippen molar-refractivity contribution in [1.82, 2.24) is 0 Å². The van der Waals surface area contributed by atoms with E-state index in [1.54, 1.807) is 0 Å². The molecule has 1 nitrogen and oxygen atoms in total. The second-order valence-corrected chi connectivity index (χ2v) is 9.42. The zero-order chi connectivity index (χ0) is 18.2. The number of benzene rings is 1. The average molecular weight is 341 g/mol. The lowest BCUT2D eigenvalue weighted by Gasteiger charge is -2.47. The van der Waals surface area contributed by atoms with Crippen LogP contribution in [0.15, 0.2) is 24.5 Å². The van der Waals surface area contributed by atoms with Gasteiger partial charge in [0.15, 0.2) is 0 Å². The molecule has 2 unspecified atom stereocenters. The minimum Gasteiger partial charge on any atom is -0.493 e. The van der Waals surface area contributed by atoms with E-state index >= 15 is 0 Å². The van der Waals surface area contributed by atoms with Crippen LogP contribution in [0.5, 0.6) is 0 Å². The molecule has 138 valence electrons. The molecule has 25 heavy (non-hydrogen) atoms. The number of hydrogen-bond acceptors (Lipinski definition) is 1. The molecule has 0 saturated heterocycles. The lowest BCUT2D eigenvalue weighted by Crippen LogP contribution is -2.42. The van der Waals surface area contributed by atoms with Crippen LogP contribution < -0.4 is 0 Å². The Labute approximate surface area is 154 Å². The highest BCUT2D eigenvalue weighted by atomic mass is 16.5. The van der Waals surface area contributed by atoms with Crippen LogP contribution >= 0.6 is 0 Å². The van der Waals surface area contributed by atoms with Gasteiger partial charge in [-0.3, -0.25) is 0 Å². The summed E-state index contributed by atoms with van der Waals surface area (Å²) in [6, 6.07) is 4.58. The standard InChI is InChI=1S/C24H36O/c1-16-9-18(3)23(19(4)10-16)8-7-20(5)25-24(6)14-21-11-17(2)12-22(13-21)15-24/h9-10,17,21-22H,5,7-8,11-15H2,1-4,6H3. The smallest absolute Gasteiger partial charge is 0.106 e. The third kappa shape index (κ3) is 4.49. The van der Waals surface area contributed by atoms with Gasteiger partial charge < -0.3 is 4.74 Å². The first-order valence-electron chi connectivity index (χ1n) is 10.2. The largest absolute Gasteiger partial charge is 0.493 e. The van der Waals surface area contributed by atoms with Crippen LogP contribution in [0, 0.1) is 38.5 Å². The highest BCUT2D eigenvalue weighted by Crippen LogP contribution is 2.48. The molecular weight excluding hydrogens is 304 g/mol. The minimum atomic E-state index is 0.0160. The molecule has 0 heterocycles. The van der Waals surface area contributed by atoms with Crippen LogP contribution in [0.3, 0.4) is 0 Å². The molecule has 3 rings (SSSR count). The molecule has 0 aliphatic heterocycles. The van der Waals surface area contributed by atoms with Crippen LogP contribution in [-0.2, 0) is 11.2 Å². The fourth-order valence-electron chi connectivity index (χ4n) is 5.89. The first-order valence-corrected chi connectivity index (χ1v) is 10.2. The van der Waals surface area contributed by atoms with E-state index in [2.05, 4.69) is 53.3 Å². The lowest BCUT2D eigenvalue weighted by atomic mass is 9.64. The highest BCUT2D eigenvalue weighted by molar-refractivity contribution is 5.37. The van der Waals surface area contributed by atoms with Gasteiger partial charge in [0.1, 0.15) is 5.60 Å². The average Bonchev–Trinajstić information content (AvgIpc) is 2.43. The van der Waals surface area contributed by atoms with Crippen LogP contribution in [0.1, 0.15) is 74.6 Å². The first-order chi connectivity index (χ1) is 11.7. The molecule has 2 aliphatic carbocycles. The number of rotatable bonds is 5. The summed E-state index contributed by atoms with van der Waals surface area (Å²) in [5.74, 6) is 3.61. The van der Waals surface area contributed by atoms with Gasteiger partial charge in [-0.15, -0.1) is 0 Å². The molecule has 1 aromatic rings. The summed E-state index contributed by atoms with van der Waals surface area (Å²) < 4.78 is 6.48. The van der Waals surface area contributed by atoms with Crippen molar-refractivity contribution >= 4 is 0 Å². The van der Waals surface area contributed by atoms with E-state index < -0.39 is 0 Å².